The van der Waals surface area contributed by atoms with Crippen molar-refractivity contribution in [2.45, 2.75) is 140 Å². The molecule has 1 saturated carbocycles. The zero-order valence-corrected chi connectivity index (χ0v) is 18.7. The van der Waals surface area contributed by atoms with Gasteiger partial charge in [-0.05, 0) is 82.4 Å². The molecular weight excluding hydrogens is 336 g/mol. The van der Waals surface area contributed by atoms with E-state index >= 15 is 0 Å². The van der Waals surface area contributed by atoms with E-state index in [2.05, 4.69) is 6.92 Å². The van der Waals surface area contributed by atoms with E-state index in [0.29, 0.717) is 6.10 Å². The molecule has 0 bridgehead atoms. The molecule has 0 N–H and O–H groups in total. The monoisotopic (exact) mass is 383 g/mol. The van der Waals surface area contributed by atoms with Gasteiger partial charge in [-0.25, -0.2) is 0 Å². The number of unbranched alkanes of at least 4 members (excludes halogenated alkanes) is 8. The summed E-state index contributed by atoms with van der Waals surface area (Å²) in [5.41, 5.74) is 0. The third-order valence-corrected chi connectivity index (χ3v) is 8.82. The van der Waals surface area contributed by atoms with E-state index in [9.17, 15) is 0 Å². The molecule has 0 aromatic rings. The van der Waals surface area contributed by atoms with E-state index in [1.54, 1.807) is 11.8 Å². The molecular formula is C24H47OS+. The predicted octanol–water partition coefficient (Wildman–Crippen LogP) is 7.38. The van der Waals surface area contributed by atoms with Gasteiger partial charge in [-0.2, -0.15) is 0 Å². The minimum atomic E-state index is 0.600. The lowest BCUT2D eigenvalue weighted by Crippen LogP contribution is -2.33. The third kappa shape index (κ3) is 9.49. The molecule has 1 heterocycles. The average molecular weight is 384 g/mol. The van der Waals surface area contributed by atoms with Crippen LogP contribution in [0.2, 0.25) is 0 Å². The highest BCUT2D eigenvalue weighted by atomic mass is 32.2. The predicted molar refractivity (Wildman–Crippen MR) is 119 cm³/mol. The van der Waals surface area contributed by atoms with Crippen LogP contribution < -0.4 is 0 Å². The van der Waals surface area contributed by atoms with E-state index in [1.807, 2.05) is 0 Å². The van der Waals surface area contributed by atoms with Gasteiger partial charge in [-0.3, -0.25) is 0 Å². The summed E-state index contributed by atoms with van der Waals surface area (Å²) in [4.78, 5) is 0. The molecule has 2 fully saturated rings. The van der Waals surface area contributed by atoms with Crippen LogP contribution in [0, 0.1) is 0 Å². The minimum absolute atomic E-state index is 0.600. The zero-order valence-electron chi connectivity index (χ0n) is 17.8. The Hall–Kier alpha value is 0.310. The molecule has 0 spiro atoms. The summed E-state index contributed by atoms with van der Waals surface area (Å²) in [6.07, 6.45) is 27.9. The van der Waals surface area contributed by atoms with E-state index in [-0.39, 0.29) is 0 Å². The van der Waals surface area contributed by atoms with Gasteiger partial charge in [0, 0.05) is 6.61 Å². The summed E-state index contributed by atoms with van der Waals surface area (Å²) in [6, 6.07) is 0. The molecule has 154 valence electrons. The van der Waals surface area contributed by atoms with E-state index in [0.717, 1.165) is 11.4 Å². The number of thiol groups is 1. The van der Waals surface area contributed by atoms with Crippen molar-refractivity contribution >= 4 is 11.8 Å². The van der Waals surface area contributed by atoms with Crippen molar-refractivity contribution in [2.24, 2.45) is 0 Å². The average Bonchev–Trinajstić information content (AvgIpc) is 2.70. The molecule has 1 aliphatic carbocycles. The molecule has 0 aromatic carbocycles. The van der Waals surface area contributed by atoms with Gasteiger partial charge in [-0.15, -0.1) is 0 Å². The van der Waals surface area contributed by atoms with Crippen LogP contribution in [0.5, 0.6) is 0 Å². The fraction of sp³-hybridized carbons (Fsp3) is 1.00. The molecule has 1 nitrogen and oxygen atoms in total. The highest BCUT2D eigenvalue weighted by Crippen LogP contribution is 2.35. The molecule has 0 radical (unpaired) electrons. The first-order chi connectivity index (χ1) is 12.8. The Balaban J connectivity index is 1.31. The van der Waals surface area contributed by atoms with Gasteiger partial charge in [0.2, 0.25) is 0 Å². The standard InChI is InChI=1S/C24H46OS/c1-2-24(19-13-10-14-20-24)26-22-16-9-7-5-3-4-6-8-11-17-23-18-12-15-21-25-23/h23H,2-22H2,1H3/p+1. The quantitative estimate of drug-likeness (QED) is 0.173. The van der Waals surface area contributed by atoms with Crippen molar-refractivity contribution in [3.63, 3.8) is 0 Å². The highest BCUT2D eigenvalue weighted by molar-refractivity contribution is 7.80. The summed E-state index contributed by atoms with van der Waals surface area (Å²) >= 11 is 1.79. The molecule has 26 heavy (non-hydrogen) atoms. The molecule has 2 heteroatoms. The van der Waals surface area contributed by atoms with E-state index in [4.69, 9.17) is 4.74 Å². The molecule has 1 atom stereocenters. The molecule has 1 aliphatic heterocycles. The minimum Gasteiger partial charge on any atom is -0.378 e. The van der Waals surface area contributed by atoms with Crippen LogP contribution in [0.3, 0.4) is 0 Å². The second kappa shape index (κ2) is 14.3. The molecule has 2 rings (SSSR count). The first-order valence-electron chi connectivity index (χ1n) is 12.1. The lowest BCUT2D eigenvalue weighted by atomic mass is 9.86. The van der Waals surface area contributed by atoms with Crippen LogP contribution in [0.1, 0.15) is 129 Å². The van der Waals surface area contributed by atoms with Crippen molar-refractivity contribution in [1.29, 1.82) is 0 Å². The van der Waals surface area contributed by atoms with Crippen LogP contribution in [0.4, 0.5) is 0 Å². The Labute approximate surface area is 168 Å². The largest absolute Gasteiger partial charge is 0.378 e. The topological polar surface area (TPSA) is 9.23 Å². The van der Waals surface area contributed by atoms with Crippen LogP contribution in [0.15, 0.2) is 0 Å². The third-order valence-electron chi connectivity index (χ3n) is 6.85. The van der Waals surface area contributed by atoms with Gasteiger partial charge < -0.3 is 4.74 Å². The van der Waals surface area contributed by atoms with Gasteiger partial charge in [-0.1, -0.05) is 58.3 Å². The first kappa shape index (κ1) is 22.6. The summed E-state index contributed by atoms with van der Waals surface area (Å²) in [6.45, 7) is 3.45. The maximum Gasteiger partial charge on any atom is 0.125 e. The van der Waals surface area contributed by atoms with Crippen molar-refractivity contribution in [3.8, 4) is 0 Å². The van der Waals surface area contributed by atoms with Crippen LogP contribution in [-0.4, -0.2) is 23.2 Å². The molecule has 2 aliphatic rings. The summed E-state index contributed by atoms with van der Waals surface area (Å²) < 4.78 is 6.54. The van der Waals surface area contributed by atoms with Crippen molar-refractivity contribution in [2.75, 3.05) is 12.4 Å². The second-order valence-corrected chi connectivity index (χ2v) is 10.7. The number of hydrogen-bond acceptors (Lipinski definition) is 1. The Bertz CT molecular complexity index is 318. The Morgan fingerprint density at radius 1 is 0.769 bits per heavy atom. The van der Waals surface area contributed by atoms with Crippen molar-refractivity contribution < 1.29 is 4.74 Å². The summed E-state index contributed by atoms with van der Waals surface area (Å²) in [5.74, 6) is 1.47. The number of rotatable bonds is 14. The maximum atomic E-state index is 5.82. The Morgan fingerprint density at radius 2 is 1.42 bits per heavy atom. The van der Waals surface area contributed by atoms with Crippen molar-refractivity contribution in [1.82, 2.24) is 0 Å². The maximum absolute atomic E-state index is 5.82. The Morgan fingerprint density at radius 3 is 2.04 bits per heavy atom. The van der Waals surface area contributed by atoms with Crippen LogP contribution in [0.25, 0.3) is 0 Å². The van der Waals surface area contributed by atoms with E-state index < -0.39 is 0 Å². The van der Waals surface area contributed by atoms with Crippen molar-refractivity contribution in [3.05, 3.63) is 0 Å². The second-order valence-electron chi connectivity index (χ2n) is 8.98. The van der Waals surface area contributed by atoms with Gasteiger partial charge in [0.25, 0.3) is 0 Å². The number of ether oxygens (including phenoxy) is 1. The number of hydrogen-bond donors (Lipinski definition) is 0. The van der Waals surface area contributed by atoms with Gasteiger partial charge in [0.15, 0.2) is 0 Å². The molecule has 0 aromatic heterocycles. The lowest BCUT2D eigenvalue weighted by Gasteiger charge is -2.29. The highest BCUT2D eigenvalue weighted by Gasteiger charge is 2.36. The van der Waals surface area contributed by atoms with Gasteiger partial charge >= 0.3 is 0 Å². The summed E-state index contributed by atoms with van der Waals surface area (Å²) in [7, 11) is 0. The normalized spacial score (nSPS) is 23.2. The fourth-order valence-electron chi connectivity index (χ4n) is 4.91. The van der Waals surface area contributed by atoms with Gasteiger partial charge in [0.05, 0.1) is 6.10 Å². The first-order valence-corrected chi connectivity index (χ1v) is 13.2. The molecule has 1 unspecified atom stereocenters. The van der Waals surface area contributed by atoms with Crippen LogP contribution in [-0.2, 0) is 16.5 Å². The van der Waals surface area contributed by atoms with Crippen LogP contribution >= 0.6 is 0 Å². The fourth-order valence-corrected chi connectivity index (χ4v) is 6.62. The molecule has 1 saturated heterocycles. The smallest absolute Gasteiger partial charge is 0.125 e. The summed E-state index contributed by atoms with van der Waals surface area (Å²) in [5, 5.41) is 0. The van der Waals surface area contributed by atoms with Gasteiger partial charge in [0.1, 0.15) is 10.5 Å². The lowest BCUT2D eigenvalue weighted by molar-refractivity contribution is 0.00977. The molecule has 0 amide bonds. The zero-order chi connectivity index (χ0) is 18.3. The van der Waals surface area contributed by atoms with E-state index in [1.165, 1.54) is 128 Å². The SMILES string of the molecule is CCC1([SH+]CCCCCCCCCCCC2CCCCO2)CCCCC1. The Kier molecular flexibility index (Phi) is 12.5.